The quantitative estimate of drug-likeness (QED) is 0.684. The Kier molecular flexibility index (Phi) is 4.21. The maximum absolute atomic E-state index is 10.3. The molecule has 2 N–H and O–H groups in total. The molecule has 2 rings (SSSR count). The van der Waals surface area contributed by atoms with Crippen LogP contribution in [0.2, 0.25) is 0 Å². The second-order valence-corrected chi connectivity index (χ2v) is 4.91. The minimum atomic E-state index is -0.148. The largest absolute Gasteiger partial charge is 0.388 e. The van der Waals surface area contributed by atoms with Crippen LogP contribution in [0.25, 0.3) is 0 Å². The maximum atomic E-state index is 10.3. The third-order valence-electron chi connectivity index (χ3n) is 3.79. The van der Waals surface area contributed by atoms with E-state index in [0.717, 1.165) is 32.4 Å². The first-order valence-electron chi connectivity index (χ1n) is 6.45. The zero-order valence-electron chi connectivity index (χ0n) is 9.54. The second kappa shape index (κ2) is 5.66. The Bertz CT molecular complexity index is 219. The summed E-state index contributed by atoms with van der Waals surface area (Å²) in [5.41, 5.74) is 1.33. The van der Waals surface area contributed by atoms with Crippen molar-refractivity contribution in [1.82, 2.24) is 5.32 Å². The van der Waals surface area contributed by atoms with Gasteiger partial charge in [0.2, 0.25) is 0 Å². The Labute approximate surface area is 92.8 Å². The molecule has 0 amide bonds. The normalized spacial score (nSPS) is 26.9. The first-order valence-corrected chi connectivity index (χ1v) is 6.45. The molecule has 0 aromatic rings. The Morgan fingerprint density at radius 1 is 1.20 bits per heavy atom. The van der Waals surface area contributed by atoms with Gasteiger partial charge in [0.1, 0.15) is 0 Å². The van der Waals surface area contributed by atoms with Gasteiger partial charge in [0.15, 0.2) is 0 Å². The lowest BCUT2D eigenvalue weighted by atomic mass is 9.86. The summed E-state index contributed by atoms with van der Waals surface area (Å²) >= 11 is 0. The van der Waals surface area contributed by atoms with Crippen LogP contribution in [-0.4, -0.2) is 24.3 Å². The highest BCUT2D eigenvalue weighted by Gasteiger charge is 2.24. The molecule has 0 aromatic carbocycles. The van der Waals surface area contributed by atoms with Crippen molar-refractivity contribution >= 4 is 0 Å². The van der Waals surface area contributed by atoms with Crippen molar-refractivity contribution in [2.24, 2.45) is 5.92 Å². The molecule has 0 spiro atoms. The number of hydrogen-bond acceptors (Lipinski definition) is 2. The van der Waals surface area contributed by atoms with Crippen molar-refractivity contribution in [2.75, 3.05) is 13.1 Å². The van der Waals surface area contributed by atoms with E-state index < -0.39 is 0 Å². The first kappa shape index (κ1) is 11.2. The fourth-order valence-electron chi connectivity index (χ4n) is 2.77. The molecule has 0 radical (unpaired) electrons. The number of allylic oxidation sites excluding steroid dienone is 1. The molecule has 1 fully saturated rings. The lowest BCUT2D eigenvalue weighted by molar-refractivity contribution is 0.116. The van der Waals surface area contributed by atoms with E-state index in [9.17, 15) is 5.11 Å². The molecular weight excluding hydrogens is 186 g/mol. The van der Waals surface area contributed by atoms with Gasteiger partial charge < -0.3 is 10.4 Å². The van der Waals surface area contributed by atoms with E-state index in [-0.39, 0.29) is 6.10 Å². The summed E-state index contributed by atoms with van der Waals surface area (Å²) in [4.78, 5) is 0. The van der Waals surface area contributed by atoms with Crippen molar-refractivity contribution in [2.45, 2.75) is 51.0 Å². The van der Waals surface area contributed by atoms with Crippen LogP contribution in [0.3, 0.4) is 0 Å². The predicted octanol–water partition coefficient (Wildman–Crippen LogP) is 2.24. The SMILES string of the molecule is OC(C1=CCCCCC1)C1CCNCC1. The second-order valence-electron chi connectivity index (χ2n) is 4.91. The Balaban J connectivity index is 1.92. The average Bonchev–Trinajstić information content (AvgIpc) is 2.58. The van der Waals surface area contributed by atoms with Crippen LogP contribution < -0.4 is 5.32 Å². The molecule has 1 saturated heterocycles. The van der Waals surface area contributed by atoms with Gasteiger partial charge in [0.05, 0.1) is 6.10 Å². The Morgan fingerprint density at radius 3 is 2.80 bits per heavy atom. The molecule has 2 aliphatic rings. The fourth-order valence-corrected chi connectivity index (χ4v) is 2.77. The van der Waals surface area contributed by atoms with Gasteiger partial charge in [-0.1, -0.05) is 12.5 Å². The highest BCUT2D eigenvalue weighted by atomic mass is 16.3. The average molecular weight is 209 g/mol. The number of aliphatic hydroxyl groups is 1. The first-order chi connectivity index (χ1) is 7.38. The van der Waals surface area contributed by atoms with Crippen molar-refractivity contribution in [3.8, 4) is 0 Å². The summed E-state index contributed by atoms with van der Waals surface area (Å²) in [6, 6.07) is 0. The number of piperidine rings is 1. The zero-order valence-corrected chi connectivity index (χ0v) is 9.54. The van der Waals surface area contributed by atoms with Gasteiger partial charge in [-0.25, -0.2) is 0 Å². The molecule has 1 aliphatic carbocycles. The highest BCUT2D eigenvalue weighted by molar-refractivity contribution is 5.11. The van der Waals surface area contributed by atoms with Gasteiger partial charge in [-0.2, -0.15) is 0 Å². The molecule has 1 unspecified atom stereocenters. The lowest BCUT2D eigenvalue weighted by Crippen LogP contribution is -2.34. The van der Waals surface area contributed by atoms with Crippen molar-refractivity contribution in [1.29, 1.82) is 0 Å². The molecule has 15 heavy (non-hydrogen) atoms. The van der Waals surface area contributed by atoms with Crippen LogP contribution in [-0.2, 0) is 0 Å². The van der Waals surface area contributed by atoms with E-state index in [1.807, 2.05) is 0 Å². The zero-order chi connectivity index (χ0) is 10.5. The van der Waals surface area contributed by atoms with Crippen LogP contribution in [0.15, 0.2) is 11.6 Å². The van der Waals surface area contributed by atoms with Crippen LogP contribution in [0.1, 0.15) is 44.9 Å². The van der Waals surface area contributed by atoms with Crippen molar-refractivity contribution < 1.29 is 5.11 Å². The molecule has 86 valence electrons. The Hall–Kier alpha value is -0.340. The minimum absolute atomic E-state index is 0.148. The van der Waals surface area contributed by atoms with Gasteiger partial charge in [0.25, 0.3) is 0 Å². The molecule has 1 heterocycles. The third-order valence-corrected chi connectivity index (χ3v) is 3.79. The number of hydrogen-bond donors (Lipinski definition) is 2. The molecule has 1 atom stereocenters. The molecule has 2 nitrogen and oxygen atoms in total. The van der Waals surface area contributed by atoms with Gasteiger partial charge >= 0.3 is 0 Å². The number of aliphatic hydroxyl groups excluding tert-OH is 1. The van der Waals surface area contributed by atoms with Crippen LogP contribution in [0.4, 0.5) is 0 Å². The summed E-state index contributed by atoms with van der Waals surface area (Å²) in [6.07, 6.45) is 10.7. The standard InChI is InChI=1S/C13H23NO/c15-13(12-7-9-14-10-8-12)11-5-3-1-2-4-6-11/h5,12-15H,1-4,6-10H2. The molecule has 0 saturated carbocycles. The van der Waals surface area contributed by atoms with Crippen LogP contribution in [0.5, 0.6) is 0 Å². The molecule has 0 aromatic heterocycles. The van der Waals surface area contributed by atoms with Crippen molar-refractivity contribution in [3.05, 3.63) is 11.6 Å². The van der Waals surface area contributed by atoms with Gasteiger partial charge in [-0.15, -0.1) is 0 Å². The van der Waals surface area contributed by atoms with E-state index in [2.05, 4.69) is 11.4 Å². The summed E-state index contributed by atoms with van der Waals surface area (Å²) in [5, 5.41) is 13.7. The molecular formula is C13H23NO. The summed E-state index contributed by atoms with van der Waals surface area (Å²) in [6.45, 7) is 2.16. The van der Waals surface area contributed by atoms with Gasteiger partial charge in [0, 0.05) is 0 Å². The van der Waals surface area contributed by atoms with Crippen LogP contribution in [0, 0.1) is 5.92 Å². The monoisotopic (exact) mass is 209 g/mol. The third kappa shape index (κ3) is 3.05. The number of nitrogens with one attached hydrogen (secondary N) is 1. The number of rotatable bonds is 2. The van der Waals surface area contributed by atoms with Crippen molar-refractivity contribution in [3.63, 3.8) is 0 Å². The predicted molar refractivity (Wildman–Crippen MR) is 62.8 cm³/mol. The summed E-state index contributed by atoms with van der Waals surface area (Å²) in [7, 11) is 0. The van der Waals surface area contributed by atoms with E-state index in [1.54, 1.807) is 0 Å². The van der Waals surface area contributed by atoms with Crippen LogP contribution >= 0.6 is 0 Å². The minimum Gasteiger partial charge on any atom is -0.388 e. The maximum Gasteiger partial charge on any atom is 0.0779 e. The molecule has 1 aliphatic heterocycles. The van der Waals surface area contributed by atoms with E-state index in [0.29, 0.717) is 5.92 Å². The van der Waals surface area contributed by atoms with E-state index in [1.165, 1.54) is 31.3 Å². The fraction of sp³-hybridized carbons (Fsp3) is 0.846. The smallest absolute Gasteiger partial charge is 0.0779 e. The summed E-state index contributed by atoms with van der Waals surface area (Å²) < 4.78 is 0. The summed E-state index contributed by atoms with van der Waals surface area (Å²) in [5.74, 6) is 0.510. The lowest BCUT2D eigenvalue weighted by Gasteiger charge is -2.28. The van der Waals surface area contributed by atoms with Gasteiger partial charge in [-0.3, -0.25) is 0 Å². The Morgan fingerprint density at radius 2 is 2.00 bits per heavy atom. The van der Waals surface area contributed by atoms with E-state index in [4.69, 9.17) is 0 Å². The molecule has 2 heteroatoms. The topological polar surface area (TPSA) is 32.3 Å². The molecule has 0 bridgehead atoms. The van der Waals surface area contributed by atoms with E-state index >= 15 is 0 Å². The van der Waals surface area contributed by atoms with Gasteiger partial charge in [-0.05, 0) is 63.1 Å². The highest BCUT2D eigenvalue weighted by Crippen LogP contribution is 2.27.